The fraction of sp³-hybridized carbons (Fsp3) is 0.389. The summed E-state index contributed by atoms with van der Waals surface area (Å²) in [6.45, 7) is 0.855. The van der Waals surface area contributed by atoms with Crippen LogP contribution in [0.25, 0.3) is 11.1 Å². The third kappa shape index (κ3) is 3.87. The van der Waals surface area contributed by atoms with Gasteiger partial charge in [0.05, 0.1) is 12.0 Å². The molecule has 2 aromatic rings. The molecule has 1 aliphatic carbocycles. The molecule has 3 rings (SSSR count). The van der Waals surface area contributed by atoms with Crippen molar-refractivity contribution in [1.29, 1.82) is 0 Å². The van der Waals surface area contributed by atoms with Crippen molar-refractivity contribution in [3.05, 3.63) is 40.8 Å². The number of nitrogens with one attached hydrogen (secondary N) is 1. The number of hydrogen-bond donors (Lipinski definition) is 1. The van der Waals surface area contributed by atoms with Gasteiger partial charge in [-0.3, -0.25) is 4.79 Å². The Morgan fingerprint density at radius 1 is 1.28 bits per heavy atom. The van der Waals surface area contributed by atoms with Gasteiger partial charge in [-0.2, -0.15) is 0 Å². The lowest BCUT2D eigenvalue weighted by molar-refractivity contribution is 0.405. The zero-order valence-electron chi connectivity index (χ0n) is 14.6. The molecule has 0 unspecified atom stereocenters. The molecule has 0 amide bonds. The lowest BCUT2D eigenvalue weighted by atomic mass is 10.0. The first-order valence-corrected chi connectivity index (χ1v) is 10.0. The number of nitrogens with zero attached hydrogens (tertiary/aromatic N) is 1. The van der Waals surface area contributed by atoms with Crippen LogP contribution in [0.1, 0.15) is 12.8 Å². The number of pyridine rings is 1. The van der Waals surface area contributed by atoms with Gasteiger partial charge in [0, 0.05) is 42.9 Å². The maximum Gasteiger partial charge on any atom is 0.292 e. The first kappa shape index (κ1) is 17.5. The average Bonchev–Trinajstić information content (AvgIpc) is 3.38. The zero-order chi connectivity index (χ0) is 18.2. The van der Waals surface area contributed by atoms with Crippen LogP contribution in [0.15, 0.2) is 40.2 Å². The summed E-state index contributed by atoms with van der Waals surface area (Å²) in [5.74, 6) is 0.898. The van der Waals surface area contributed by atoms with Crippen LogP contribution in [0.3, 0.4) is 0 Å². The third-order valence-corrected chi connectivity index (χ3v) is 5.49. The first-order chi connectivity index (χ1) is 11.8. The van der Waals surface area contributed by atoms with Gasteiger partial charge in [-0.15, -0.1) is 0 Å². The molecule has 1 heterocycles. The smallest absolute Gasteiger partial charge is 0.292 e. The van der Waals surface area contributed by atoms with Crippen LogP contribution in [0.2, 0.25) is 0 Å². The number of aromatic nitrogens is 1. The van der Waals surface area contributed by atoms with Crippen molar-refractivity contribution >= 4 is 15.5 Å². The summed E-state index contributed by atoms with van der Waals surface area (Å²) in [5, 5.41) is 3.40. The first-order valence-electron chi connectivity index (χ1n) is 8.12. The SMILES string of the molecule is COc1cc(-c2cc(S(C)(=O)=O)ccc2NCC2CC2)cn(C)c1=O. The van der Waals surface area contributed by atoms with Crippen LogP contribution in [0, 0.1) is 5.92 Å². The van der Waals surface area contributed by atoms with Crippen molar-refractivity contribution in [3.63, 3.8) is 0 Å². The molecule has 1 aromatic heterocycles. The van der Waals surface area contributed by atoms with Gasteiger partial charge in [0.25, 0.3) is 5.56 Å². The van der Waals surface area contributed by atoms with Gasteiger partial charge in [0.1, 0.15) is 0 Å². The third-order valence-electron chi connectivity index (χ3n) is 4.38. The van der Waals surface area contributed by atoms with E-state index in [-0.39, 0.29) is 16.2 Å². The number of methoxy groups -OCH3 is 1. The van der Waals surface area contributed by atoms with E-state index >= 15 is 0 Å². The van der Waals surface area contributed by atoms with Crippen LogP contribution in [0.5, 0.6) is 5.75 Å². The molecule has 134 valence electrons. The van der Waals surface area contributed by atoms with Crippen molar-refractivity contribution in [2.45, 2.75) is 17.7 Å². The molecule has 1 saturated carbocycles. The highest BCUT2D eigenvalue weighted by Gasteiger charge is 2.22. The van der Waals surface area contributed by atoms with Crippen LogP contribution >= 0.6 is 0 Å². The van der Waals surface area contributed by atoms with Crippen molar-refractivity contribution in [2.24, 2.45) is 13.0 Å². The number of aryl methyl sites for hydroxylation is 1. The summed E-state index contributed by atoms with van der Waals surface area (Å²) >= 11 is 0. The molecule has 6 nitrogen and oxygen atoms in total. The standard InChI is InChI=1S/C18H22N2O4S/c1-20-11-13(8-17(24-2)18(20)21)15-9-14(25(3,22)23)6-7-16(15)19-10-12-4-5-12/h6-9,11-12,19H,4-5,10H2,1-3H3. The largest absolute Gasteiger partial charge is 0.491 e. The normalized spacial score (nSPS) is 14.4. The molecule has 0 aliphatic heterocycles. The summed E-state index contributed by atoms with van der Waals surface area (Å²) in [5.41, 5.74) is 2.07. The molecular formula is C18H22N2O4S. The molecule has 25 heavy (non-hydrogen) atoms. The molecular weight excluding hydrogens is 340 g/mol. The van der Waals surface area contributed by atoms with Crippen LogP contribution < -0.4 is 15.6 Å². The highest BCUT2D eigenvalue weighted by Crippen LogP contribution is 2.34. The summed E-state index contributed by atoms with van der Waals surface area (Å²) in [6, 6.07) is 6.68. The number of rotatable bonds is 6. The second kappa shape index (κ2) is 6.55. The minimum Gasteiger partial charge on any atom is -0.491 e. The molecule has 0 bridgehead atoms. The van der Waals surface area contributed by atoms with Gasteiger partial charge in [0.2, 0.25) is 0 Å². The lowest BCUT2D eigenvalue weighted by Crippen LogP contribution is -2.18. The maximum atomic E-state index is 12.0. The Hall–Kier alpha value is -2.28. The van der Waals surface area contributed by atoms with Crippen LogP contribution in [-0.4, -0.2) is 32.9 Å². The van der Waals surface area contributed by atoms with Crippen molar-refractivity contribution in [1.82, 2.24) is 4.57 Å². The predicted octanol–water partition coefficient (Wildman–Crippen LogP) is 2.29. The summed E-state index contributed by atoms with van der Waals surface area (Å²) in [6.07, 6.45) is 5.31. The highest BCUT2D eigenvalue weighted by molar-refractivity contribution is 7.90. The number of hydrogen-bond acceptors (Lipinski definition) is 5. The zero-order valence-corrected chi connectivity index (χ0v) is 15.4. The van der Waals surface area contributed by atoms with Crippen molar-refractivity contribution in [2.75, 3.05) is 25.2 Å². The fourth-order valence-electron chi connectivity index (χ4n) is 2.70. The van der Waals surface area contributed by atoms with Gasteiger partial charge in [-0.05, 0) is 43.0 Å². The summed E-state index contributed by atoms with van der Waals surface area (Å²) in [4.78, 5) is 12.3. The van der Waals surface area contributed by atoms with Gasteiger partial charge in [0.15, 0.2) is 15.6 Å². The van der Waals surface area contributed by atoms with E-state index in [9.17, 15) is 13.2 Å². The molecule has 0 spiro atoms. The Kier molecular flexibility index (Phi) is 4.60. The maximum absolute atomic E-state index is 12.0. The van der Waals surface area contributed by atoms with E-state index in [2.05, 4.69) is 5.32 Å². The van der Waals surface area contributed by atoms with E-state index in [0.29, 0.717) is 5.92 Å². The summed E-state index contributed by atoms with van der Waals surface area (Å²) in [7, 11) is -0.241. The lowest BCUT2D eigenvalue weighted by Gasteiger charge is -2.15. The molecule has 0 saturated heterocycles. The molecule has 0 radical (unpaired) electrons. The van der Waals surface area contributed by atoms with Crippen LogP contribution in [-0.2, 0) is 16.9 Å². The number of sulfone groups is 1. The Morgan fingerprint density at radius 2 is 2.00 bits per heavy atom. The Morgan fingerprint density at radius 3 is 2.60 bits per heavy atom. The topological polar surface area (TPSA) is 77.4 Å². The average molecular weight is 362 g/mol. The molecule has 1 fully saturated rings. The number of ether oxygens (including phenoxy) is 1. The second-order valence-electron chi connectivity index (χ2n) is 6.52. The molecule has 1 aliphatic rings. The van der Waals surface area contributed by atoms with Gasteiger partial charge in [-0.25, -0.2) is 8.42 Å². The Labute approximate surface area is 147 Å². The van der Waals surface area contributed by atoms with Crippen LogP contribution in [0.4, 0.5) is 5.69 Å². The molecule has 1 N–H and O–H groups in total. The highest BCUT2D eigenvalue weighted by atomic mass is 32.2. The van der Waals surface area contributed by atoms with E-state index < -0.39 is 9.84 Å². The van der Waals surface area contributed by atoms with E-state index in [1.165, 1.54) is 30.8 Å². The predicted molar refractivity (Wildman–Crippen MR) is 98.0 cm³/mol. The van der Waals surface area contributed by atoms with Crippen molar-refractivity contribution < 1.29 is 13.2 Å². The van der Waals surface area contributed by atoms with Gasteiger partial charge < -0.3 is 14.6 Å². The minimum atomic E-state index is -3.33. The van der Waals surface area contributed by atoms with Crippen molar-refractivity contribution in [3.8, 4) is 16.9 Å². The molecule has 0 atom stereocenters. The number of anilines is 1. The quantitative estimate of drug-likeness (QED) is 0.853. The molecule has 7 heteroatoms. The fourth-order valence-corrected chi connectivity index (χ4v) is 3.35. The number of benzene rings is 1. The molecule has 1 aromatic carbocycles. The Balaban J connectivity index is 2.13. The van der Waals surface area contributed by atoms with Gasteiger partial charge >= 0.3 is 0 Å². The monoisotopic (exact) mass is 362 g/mol. The summed E-state index contributed by atoms with van der Waals surface area (Å²) < 4.78 is 30.5. The minimum absolute atomic E-state index is 0.220. The van der Waals surface area contributed by atoms with E-state index in [1.807, 2.05) is 0 Å². The van der Waals surface area contributed by atoms with Gasteiger partial charge in [-0.1, -0.05) is 0 Å². The van der Waals surface area contributed by atoms with E-state index in [4.69, 9.17) is 4.74 Å². The Bertz CT molecular complexity index is 960. The second-order valence-corrected chi connectivity index (χ2v) is 8.53. The van der Waals surface area contributed by atoms with E-state index in [0.717, 1.165) is 23.4 Å². The van der Waals surface area contributed by atoms with E-state index in [1.54, 1.807) is 37.5 Å².